The number of benzene rings is 1. The second-order valence-corrected chi connectivity index (χ2v) is 10.6. The average molecular weight is 477 g/mol. The van der Waals surface area contributed by atoms with Crippen molar-refractivity contribution in [1.29, 1.82) is 0 Å². The minimum Gasteiger partial charge on any atom is -0.361 e. The van der Waals surface area contributed by atoms with E-state index in [0.717, 1.165) is 12.8 Å². The molecular formula is C23H29FN4O4S. The maximum Gasteiger partial charge on any atom is 0.257 e. The Bertz CT molecular complexity index is 1160. The number of nitrogens with one attached hydrogen (secondary N) is 2. The summed E-state index contributed by atoms with van der Waals surface area (Å²) in [6, 6.07) is 5.67. The fraction of sp³-hybridized carbons (Fsp3) is 0.478. The molecule has 0 unspecified atom stereocenters. The lowest BCUT2D eigenvalue weighted by Crippen LogP contribution is -2.42. The van der Waals surface area contributed by atoms with Crippen molar-refractivity contribution in [3.05, 3.63) is 47.0 Å². The van der Waals surface area contributed by atoms with Gasteiger partial charge in [-0.3, -0.25) is 9.59 Å². The number of nitrogens with zero attached hydrogens (tertiary/aromatic N) is 2. The van der Waals surface area contributed by atoms with E-state index in [1.165, 1.54) is 22.5 Å². The molecule has 2 N–H and O–H groups in total. The molecule has 10 heteroatoms. The summed E-state index contributed by atoms with van der Waals surface area (Å²) < 4.78 is 41.8. The fourth-order valence-electron chi connectivity index (χ4n) is 4.71. The molecule has 0 atom stereocenters. The summed E-state index contributed by atoms with van der Waals surface area (Å²) in [4.78, 5) is 30.5. The van der Waals surface area contributed by atoms with Crippen molar-refractivity contribution in [2.24, 2.45) is 5.92 Å². The number of aromatic nitrogens is 1. The quantitative estimate of drug-likeness (QED) is 0.692. The van der Waals surface area contributed by atoms with Crippen LogP contribution in [0.2, 0.25) is 0 Å². The topological polar surface area (TPSA) is 103 Å². The Labute approximate surface area is 193 Å². The van der Waals surface area contributed by atoms with Crippen LogP contribution in [0, 0.1) is 25.6 Å². The number of anilines is 1. The number of H-pyrrole nitrogens is 1. The van der Waals surface area contributed by atoms with Crippen molar-refractivity contribution in [3.8, 4) is 0 Å². The number of sulfonamides is 1. The van der Waals surface area contributed by atoms with Crippen LogP contribution in [-0.2, 0) is 14.8 Å². The van der Waals surface area contributed by atoms with Gasteiger partial charge in [-0.25, -0.2) is 12.8 Å². The van der Waals surface area contributed by atoms with Crippen LogP contribution >= 0.6 is 0 Å². The van der Waals surface area contributed by atoms with Crippen LogP contribution in [-0.4, -0.2) is 60.6 Å². The molecule has 2 aliphatic heterocycles. The molecule has 1 aromatic carbocycles. The number of rotatable bonds is 5. The molecule has 4 rings (SSSR count). The van der Waals surface area contributed by atoms with Gasteiger partial charge < -0.3 is 15.2 Å². The van der Waals surface area contributed by atoms with Crippen molar-refractivity contribution >= 4 is 27.5 Å². The first-order chi connectivity index (χ1) is 15.7. The molecule has 0 bridgehead atoms. The van der Waals surface area contributed by atoms with Gasteiger partial charge in [-0.15, -0.1) is 0 Å². The van der Waals surface area contributed by atoms with E-state index < -0.39 is 15.8 Å². The number of aryl methyl sites for hydroxylation is 2. The van der Waals surface area contributed by atoms with Crippen molar-refractivity contribution in [2.75, 3.05) is 31.5 Å². The van der Waals surface area contributed by atoms with Crippen LogP contribution in [0.4, 0.5) is 10.1 Å². The van der Waals surface area contributed by atoms with E-state index >= 15 is 0 Å². The third-order valence-corrected chi connectivity index (χ3v) is 8.51. The normalized spacial score (nSPS) is 18.0. The zero-order valence-electron chi connectivity index (χ0n) is 18.9. The van der Waals surface area contributed by atoms with E-state index in [2.05, 4.69) is 10.3 Å². The molecule has 2 amide bonds. The summed E-state index contributed by atoms with van der Waals surface area (Å²) in [5, 5.41) is 2.70. The van der Waals surface area contributed by atoms with Gasteiger partial charge in [0.1, 0.15) is 10.7 Å². The van der Waals surface area contributed by atoms with Crippen molar-refractivity contribution in [1.82, 2.24) is 14.2 Å². The minimum absolute atomic E-state index is 0.0413. The molecule has 3 heterocycles. The van der Waals surface area contributed by atoms with Gasteiger partial charge in [-0.1, -0.05) is 6.07 Å². The number of halogens is 1. The molecule has 0 spiro atoms. The van der Waals surface area contributed by atoms with Gasteiger partial charge in [0.15, 0.2) is 0 Å². The number of amides is 2. The van der Waals surface area contributed by atoms with Gasteiger partial charge >= 0.3 is 0 Å². The van der Waals surface area contributed by atoms with Crippen LogP contribution < -0.4 is 5.32 Å². The summed E-state index contributed by atoms with van der Waals surface area (Å²) in [7, 11) is -3.92. The highest BCUT2D eigenvalue weighted by Crippen LogP contribution is 2.31. The SMILES string of the molecule is Cc1[nH]c(C)c(S(=O)(=O)N2CCC(C(=O)Nc3cccc(F)c3)CC2)c1C(=O)N1CCCC1. The highest BCUT2D eigenvalue weighted by atomic mass is 32.2. The van der Waals surface area contributed by atoms with Crippen LogP contribution in [0.1, 0.15) is 47.4 Å². The first kappa shape index (κ1) is 23.4. The second-order valence-electron chi connectivity index (χ2n) is 8.76. The number of hydrogen-bond donors (Lipinski definition) is 2. The van der Waals surface area contributed by atoms with E-state index in [4.69, 9.17) is 0 Å². The summed E-state index contributed by atoms with van der Waals surface area (Å²) in [5.74, 6) is -1.32. The van der Waals surface area contributed by atoms with Gasteiger partial charge in [-0.05, 0) is 57.7 Å². The third kappa shape index (κ3) is 4.67. The molecule has 33 heavy (non-hydrogen) atoms. The van der Waals surface area contributed by atoms with E-state index in [9.17, 15) is 22.4 Å². The highest BCUT2D eigenvalue weighted by Gasteiger charge is 2.38. The van der Waals surface area contributed by atoms with E-state index in [1.54, 1.807) is 24.8 Å². The van der Waals surface area contributed by atoms with E-state index in [0.29, 0.717) is 43.0 Å². The summed E-state index contributed by atoms with van der Waals surface area (Å²) in [6.45, 7) is 4.99. The van der Waals surface area contributed by atoms with E-state index in [1.807, 2.05) is 0 Å². The van der Waals surface area contributed by atoms with Gasteiger partial charge in [0.25, 0.3) is 5.91 Å². The molecule has 1 aromatic heterocycles. The van der Waals surface area contributed by atoms with Gasteiger partial charge in [-0.2, -0.15) is 4.31 Å². The Morgan fingerprint density at radius 2 is 1.73 bits per heavy atom. The van der Waals surface area contributed by atoms with E-state index in [-0.39, 0.29) is 41.3 Å². The Kier molecular flexibility index (Phi) is 6.58. The molecule has 178 valence electrons. The molecule has 2 saturated heterocycles. The Balaban J connectivity index is 1.48. The van der Waals surface area contributed by atoms with Crippen molar-refractivity contribution in [2.45, 2.75) is 44.4 Å². The highest BCUT2D eigenvalue weighted by molar-refractivity contribution is 7.89. The Hall–Kier alpha value is -2.72. The van der Waals surface area contributed by atoms with Gasteiger partial charge in [0.2, 0.25) is 15.9 Å². The van der Waals surface area contributed by atoms with Gasteiger partial charge in [0.05, 0.1) is 5.56 Å². The summed E-state index contributed by atoms with van der Waals surface area (Å²) in [6.07, 6.45) is 2.53. The monoisotopic (exact) mass is 476 g/mol. The third-order valence-electron chi connectivity index (χ3n) is 6.44. The standard InChI is InChI=1S/C23H29FN4O4S/c1-15-20(23(30)27-10-3-4-11-27)21(16(2)25-15)33(31,32)28-12-8-17(9-13-28)22(29)26-19-7-5-6-18(24)14-19/h5-7,14,17,25H,3-4,8-13H2,1-2H3,(H,26,29). The lowest BCUT2D eigenvalue weighted by Gasteiger charge is -2.31. The Morgan fingerprint density at radius 3 is 2.36 bits per heavy atom. The summed E-state index contributed by atoms with van der Waals surface area (Å²) >= 11 is 0. The number of carbonyl (C=O) groups excluding carboxylic acids is 2. The van der Waals surface area contributed by atoms with Crippen molar-refractivity contribution in [3.63, 3.8) is 0 Å². The first-order valence-electron chi connectivity index (χ1n) is 11.2. The van der Waals surface area contributed by atoms with Gasteiger partial charge in [0, 0.05) is 49.2 Å². The van der Waals surface area contributed by atoms with Crippen LogP contribution in [0.25, 0.3) is 0 Å². The van der Waals surface area contributed by atoms with Crippen LogP contribution in [0.3, 0.4) is 0 Å². The maximum atomic E-state index is 13.6. The van der Waals surface area contributed by atoms with Crippen LogP contribution in [0.5, 0.6) is 0 Å². The number of piperidine rings is 1. The maximum absolute atomic E-state index is 13.6. The second kappa shape index (κ2) is 9.26. The number of hydrogen-bond acceptors (Lipinski definition) is 4. The van der Waals surface area contributed by atoms with Crippen LogP contribution in [0.15, 0.2) is 29.2 Å². The molecule has 8 nitrogen and oxygen atoms in total. The molecule has 0 radical (unpaired) electrons. The molecule has 2 aromatic rings. The molecule has 0 aliphatic carbocycles. The average Bonchev–Trinajstić information content (AvgIpc) is 3.41. The smallest absolute Gasteiger partial charge is 0.257 e. The zero-order chi connectivity index (χ0) is 23.8. The largest absolute Gasteiger partial charge is 0.361 e. The number of carbonyl (C=O) groups is 2. The molecule has 2 fully saturated rings. The molecule has 0 saturated carbocycles. The lowest BCUT2D eigenvalue weighted by molar-refractivity contribution is -0.120. The Morgan fingerprint density at radius 1 is 1.06 bits per heavy atom. The predicted octanol–water partition coefficient (Wildman–Crippen LogP) is 3.05. The van der Waals surface area contributed by atoms with Crippen molar-refractivity contribution < 1.29 is 22.4 Å². The lowest BCUT2D eigenvalue weighted by atomic mass is 9.97. The first-order valence-corrected chi connectivity index (χ1v) is 12.7. The number of aromatic amines is 1. The number of likely N-dealkylation sites (tertiary alicyclic amines) is 1. The molecular weight excluding hydrogens is 447 g/mol. The summed E-state index contributed by atoms with van der Waals surface area (Å²) in [5.41, 5.74) is 1.59. The fourth-order valence-corrected chi connectivity index (χ4v) is 6.60. The zero-order valence-corrected chi connectivity index (χ0v) is 19.7. The predicted molar refractivity (Wildman–Crippen MR) is 122 cm³/mol. The minimum atomic E-state index is -3.92. The molecule has 2 aliphatic rings.